The van der Waals surface area contributed by atoms with E-state index in [1.54, 1.807) is 36.7 Å². The summed E-state index contributed by atoms with van der Waals surface area (Å²) in [5.74, 6) is -0.362. The first-order chi connectivity index (χ1) is 9.09. The van der Waals surface area contributed by atoms with Gasteiger partial charge in [0.15, 0.2) is 0 Å². The topological polar surface area (TPSA) is 85.1 Å². The Bertz CT molecular complexity index is 626. The zero-order valence-electron chi connectivity index (χ0n) is 10.2. The first-order valence-electron chi connectivity index (χ1n) is 5.55. The van der Waals surface area contributed by atoms with Gasteiger partial charge in [-0.3, -0.25) is 19.9 Å². The Morgan fingerprint density at radius 2 is 2.11 bits per heavy atom. The van der Waals surface area contributed by atoms with Gasteiger partial charge in [-0.1, -0.05) is 18.2 Å². The molecule has 0 aliphatic rings. The summed E-state index contributed by atoms with van der Waals surface area (Å²) >= 11 is 0. The van der Waals surface area contributed by atoms with E-state index in [1.807, 2.05) is 0 Å². The molecule has 0 fully saturated rings. The molecule has 0 spiro atoms. The van der Waals surface area contributed by atoms with Crippen LogP contribution in [0.2, 0.25) is 0 Å². The number of carbonyl (C=O) groups is 1. The lowest BCUT2D eigenvalue weighted by atomic mass is 10.0. The Kier molecular flexibility index (Phi) is 3.51. The van der Waals surface area contributed by atoms with Crippen molar-refractivity contribution in [1.29, 1.82) is 0 Å². The van der Waals surface area contributed by atoms with Gasteiger partial charge in [-0.25, -0.2) is 0 Å². The molecule has 0 saturated heterocycles. The van der Waals surface area contributed by atoms with Crippen LogP contribution in [0.1, 0.15) is 6.92 Å². The Balaban J connectivity index is 2.63. The molecule has 19 heavy (non-hydrogen) atoms. The van der Waals surface area contributed by atoms with Crippen molar-refractivity contribution in [2.75, 3.05) is 5.32 Å². The summed E-state index contributed by atoms with van der Waals surface area (Å²) in [5, 5.41) is 13.5. The third-order valence-electron chi connectivity index (χ3n) is 2.51. The van der Waals surface area contributed by atoms with E-state index in [0.29, 0.717) is 11.1 Å². The highest BCUT2D eigenvalue weighted by Gasteiger charge is 2.19. The highest BCUT2D eigenvalue weighted by atomic mass is 16.6. The fourth-order valence-electron chi connectivity index (χ4n) is 1.76. The van der Waals surface area contributed by atoms with Gasteiger partial charge in [0.2, 0.25) is 5.91 Å². The van der Waals surface area contributed by atoms with Crippen LogP contribution in [-0.4, -0.2) is 15.8 Å². The third-order valence-corrected chi connectivity index (χ3v) is 2.51. The van der Waals surface area contributed by atoms with E-state index in [4.69, 9.17) is 0 Å². The number of nitrogens with zero attached hydrogens (tertiary/aromatic N) is 2. The third kappa shape index (κ3) is 2.74. The van der Waals surface area contributed by atoms with Crippen LogP contribution < -0.4 is 5.32 Å². The normalized spacial score (nSPS) is 9.95. The number of nitro benzene ring substituents is 1. The van der Waals surface area contributed by atoms with Crippen molar-refractivity contribution < 1.29 is 9.72 Å². The standard InChI is InChI=1S/C13H11N3O3/c1-9(17)15-13-11(10-4-3-7-14-8-10)5-2-6-12(13)16(18)19/h2-8H,1H3,(H,15,17). The molecule has 96 valence electrons. The molecule has 0 unspecified atom stereocenters. The van der Waals surface area contributed by atoms with Crippen LogP contribution in [-0.2, 0) is 4.79 Å². The zero-order chi connectivity index (χ0) is 13.8. The van der Waals surface area contributed by atoms with Crippen molar-refractivity contribution in [3.05, 3.63) is 52.8 Å². The summed E-state index contributed by atoms with van der Waals surface area (Å²) in [5.41, 5.74) is 1.32. The fourth-order valence-corrected chi connectivity index (χ4v) is 1.76. The predicted octanol–water partition coefficient (Wildman–Crippen LogP) is 2.62. The molecule has 1 N–H and O–H groups in total. The number of pyridine rings is 1. The molecular weight excluding hydrogens is 246 g/mol. The molecule has 6 nitrogen and oxygen atoms in total. The largest absolute Gasteiger partial charge is 0.320 e. The minimum Gasteiger partial charge on any atom is -0.320 e. The zero-order valence-corrected chi connectivity index (χ0v) is 10.2. The number of aromatic nitrogens is 1. The maximum absolute atomic E-state index is 11.2. The van der Waals surface area contributed by atoms with Crippen molar-refractivity contribution in [1.82, 2.24) is 4.98 Å². The van der Waals surface area contributed by atoms with Crippen LogP contribution in [0.4, 0.5) is 11.4 Å². The van der Waals surface area contributed by atoms with Crippen molar-refractivity contribution in [2.45, 2.75) is 6.92 Å². The van der Waals surface area contributed by atoms with Gasteiger partial charge < -0.3 is 5.32 Å². The summed E-state index contributed by atoms with van der Waals surface area (Å²) in [4.78, 5) is 25.7. The Morgan fingerprint density at radius 3 is 2.68 bits per heavy atom. The SMILES string of the molecule is CC(=O)Nc1c(-c2cccnc2)cccc1[N+](=O)[O-]. The van der Waals surface area contributed by atoms with E-state index >= 15 is 0 Å². The fraction of sp³-hybridized carbons (Fsp3) is 0.0769. The van der Waals surface area contributed by atoms with Gasteiger partial charge in [0.05, 0.1) is 4.92 Å². The van der Waals surface area contributed by atoms with Gasteiger partial charge >= 0.3 is 0 Å². The van der Waals surface area contributed by atoms with Crippen molar-refractivity contribution >= 4 is 17.3 Å². The molecule has 1 aromatic carbocycles. The summed E-state index contributed by atoms with van der Waals surface area (Å²) in [7, 11) is 0. The lowest BCUT2D eigenvalue weighted by molar-refractivity contribution is -0.383. The molecule has 0 aliphatic carbocycles. The molecule has 1 amide bonds. The van der Waals surface area contributed by atoms with Crippen molar-refractivity contribution in [3.63, 3.8) is 0 Å². The van der Waals surface area contributed by atoms with Crippen LogP contribution in [0.3, 0.4) is 0 Å². The predicted molar refractivity (Wildman–Crippen MR) is 70.6 cm³/mol. The van der Waals surface area contributed by atoms with E-state index in [1.165, 1.54) is 13.0 Å². The number of nitro groups is 1. The number of hydrogen-bond acceptors (Lipinski definition) is 4. The van der Waals surface area contributed by atoms with Gasteiger partial charge in [-0.15, -0.1) is 0 Å². The van der Waals surface area contributed by atoms with E-state index in [-0.39, 0.29) is 17.3 Å². The number of nitrogens with one attached hydrogen (secondary N) is 1. The molecule has 2 aromatic rings. The summed E-state index contributed by atoms with van der Waals surface area (Å²) in [6.45, 7) is 1.31. The smallest absolute Gasteiger partial charge is 0.293 e. The molecule has 1 heterocycles. The van der Waals surface area contributed by atoms with Crippen molar-refractivity contribution in [2.24, 2.45) is 0 Å². The van der Waals surface area contributed by atoms with E-state index in [0.717, 1.165) is 0 Å². The van der Waals surface area contributed by atoms with Gasteiger partial charge in [-0.2, -0.15) is 0 Å². The lowest BCUT2D eigenvalue weighted by Gasteiger charge is -2.10. The van der Waals surface area contributed by atoms with E-state index < -0.39 is 4.92 Å². The second-order valence-electron chi connectivity index (χ2n) is 3.88. The number of amides is 1. The van der Waals surface area contributed by atoms with Crippen LogP contribution in [0.5, 0.6) is 0 Å². The molecule has 0 atom stereocenters. The minimum absolute atomic E-state index is 0.142. The molecule has 1 aromatic heterocycles. The Hall–Kier alpha value is -2.76. The first kappa shape index (κ1) is 12.7. The van der Waals surface area contributed by atoms with Gasteiger partial charge in [0.1, 0.15) is 5.69 Å². The minimum atomic E-state index is -0.523. The summed E-state index contributed by atoms with van der Waals surface area (Å²) < 4.78 is 0. The number of rotatable bonds is 3. The average molecular weight is 257 g/mol. The average Bonchev–Trinajstić information content (AvgIpc) is 2.39. The molecule has 0 aliphatic heterocycles. The maximum Gasteiger partial charge on any atom is 0.293 e. The monoisotopic (exact) mass is 257 g/mol. The molecule has 6 heteroatoms. The Labute approximate surface area is 109 Å². The number of benzene rings is 1. The van der Waals surface area contributed by atoms with E-state index in [2.05, 4.69) is 10.3 Å². The maximum atomic E-state index is 11.2. The molecular formula is C13H11N3O3. The second-order valence-corrected chi connectivity index (χ2v) is 3.88. The van der Waals surface area contributed by atoms with Crippen LogP contribution in [0.25, 0.3) is 11.1 Å². The molecule has 0 bridgehead atoms. The van der Waals surface area contributed by atoms with Gasteiger partial charge in [0.25, 0.3) is 5.69 Å². The quantitative estimate of drug-likeness (QED) is 0.676. The molecule has 0 saturated carbocycles. The number of carbonyl (C=O) groups excluding carboxylic acids is 1. The van der Waals surface area contributed by atoms with Crippen LogP contribution >= 0.6 is 0 Å². The molecule has 0 radical (unpaired) electrons. The Morgan fingerprint density at radius 1 is 1.32 bits per heavy atom. The summed E-state index contributed by atoms with van der Waals surface area (Å²) in [6.07, 6.45) is 3.20. The lowest BCUT2D eigenvalue weighted by Crippen LogP contribution is -2.09. The highest BCUT2D eigenvalue weighted by molar-refractivity contribution is 5.97. The van der Waals surface area contributed by atoms with Gasteiger partial charge in [-0.05, 0) is 6.07 Å². The van der Waals surface area contributed by atoms with Crippen LogP contribution in [0, 0.1) is 10.1 Å². The summed E-state index contributed by atoms with van der Waals surface area (Å²) in [6, 6.07) is 8.13. The highest BCUT2D eigenvalue weighted by Crippen LogP contribution is 2.35. The number of para-hydroxylation sites is 1. The number of hydrogen-bond donors (Lipinski definition) is 1. The second kappa shape index (κ2) is 5.26. The number of anilines is 1. The first-order valence-corrected chi connectivity index (χ1v) is 5.55. The van der Waals surface area contributed by atoms with Crippen molar-refractivity contribution in [3.8, 4) is 11.1 Å². The van der Waals surface area contributed by atoms with Crippen LogP contribution in [0.15, 0.2) is 42.7 Å². The van der Waals surface area contributed by atoms with Gasteiger partial charge in [0, 0.05) is 36.5 Å². The molecule has 2 rings (SSSR count). The van der Waals surface area contributed by atoms with E-state index in [9.17, 15) is 14.9 Å².